The van der Waals surface area contributed by atoms with Crippen molar-refractivity contribution in [1.82, 2.24) is 25.3 Å². The van der Waals surface area contributed by atoms with Crippen LogP contribution in [0, 0.1) is 11.8 Å². The molecule has 2 amide bonds. The van der Waals surface area contributed by atoms with Crippen LogP contribution in [-0.4, -0.2) is 82.4 Å². The molecule has 3 aliphatic carbocycles. The van der Waals surface area contributed by atoms with Crippen LogP contribution in [0.25, 0.3) is 0 Å². The molecule has 1 aromatic rings. The SMILES string of the molecule is CC(C)CN1CC[C@H](O[C@H]2CCCC(F)(F)[C@@H]2NC(=O)N2CCC(C)(c3noc(C4CC4)n3)CC2C2CCCC2)C1. The molecular formula is C31H49F2N5O3. The molecule has 2 saturated heterocycles. The van der Waals surface area contributed by atoms with Gasteiger partial charge < -0.3 is 24.4 Å². The Labute approximate surface area is 243 Å². The minimum atomic E-state index is -2.99. The minimum absolute atomic E-state index is 0.0323. The predicted molar refractivity (Wildman–Crippen MR) is 151 cm³/mol. The van der Waals surface area contributed by atoms with Crippen molar-refractivity contribution < 1.29 is 22.8 Å². The molecule has 230 valence electrons. The Bertz CT molecular complexity index is 1060. The first-order chi connectivity index (χ1) is 19.6. The van der Waals surface area contributed by atoms with Crippen LogP contribution in [0.15, 0.2) is 4.52 Å². The zero-order chi connectivity index (χ0) is 28.8. The molecule has 8 nitrogen and oxygen atoms in total. The fraction of sp³-hybridized carbons (Fsp3) is 0.903. The average molecular weight is 578 g/mol. The van der Waals surface area contributed by atoms with Gasteiger partial charge in [-0.1, -0.05) is 38.8 Å². The standard InChI is InChI=1S/C31H49F2N5O3/c1-20(2)18-37-15-12-23(19-37)40-25-9-6-13-31(32,33)26(25)34-29(39)38-16-14-30(3,17-24(38)21-7-4-5-8-21)28-35-27(41-36-28)22-10-11-22/h20-26H,4-19H2,1-3H3,(H,34,39)/t23-,24?,25-,26+,30?/m0/s1. The van der Waals surface area contributed by atoms with Gasteiger partial charge in [0.05, 0.1) is 12.2 Å². The third-order valence-corrected chi connectivity index (χ3v) is 10.4. The lowest BCUT2D eigenvalue weighted by atomic mass is 9.73. The summed E-state index contributed by atoms with van der Waals surface area (Å²) in [5, 5.41) is 7.21. The van der Waals surface area contributed by atoms with Crippen molar-refractivity contribution in [1.29, 1.82) is 0 Å². The number of ether oxygens (including phenoxy) is 1. The van der Waals surface area contributed by atoms with Crippen molar-refractivity contribution in [3.8, 4) is 0 Å². The van der Waals surface area contributed by atoms with E-state index in [1.807, 2.05) is 4.90 Å². The number of rotatable bonds is 8. The maximum atomic E-state index is 15.4. The number of amides is 2. The molecule has 10 heteroatoms. The molecule has 3 heterocycles. The van der Waals surface area contributed by atoms with E-state index in [0.717, 1.165) is 82.7 Å². The largest absolute Gasteiger partial charge is 0.371 e. The molecule has 0 bridgehead atoms. The van der Waals surface area contributed by atoms with Crippen LogP contribution >= 0.6 is 0 Å². The van der Waals surface area contributed by atoms with E-state index in [1.54, 1.807) is 0 Å². The summed E-state index contributed by atoms with van der Waals surface area (Å²) in [6.07, 6.45) is 8.88. The molecule has 3 saturated carbocycles. The van der Waals surface area contributed by atoms with Gasteiger partial charge in [-0.05, 0) is 69.6 Å². The van der Waals surface area contributed by atoms with Crippen LogP contribution < -0.4 is 5.32 Å². The smallest absolute Gasteiger partial charge is 0.318 e. The van der Waals surface area contributed by atoms with Gasteiger partial charge in [0.25, 0.3) is 5.92 Å². The Balaban J connectivity index is 1.15. The Kier molecular flexibility index (Phi) is 8.35. The zero-order valence-electron chi connectivity index (χ0n) is 25.1. The van der Waals surface area contributed by atoms with Gasteiger partial charge >= 0.3 is 6.03 Å². The topological polar surface area (TPSA) is 83.7 Å². The second kappa shape index (κ2) is 11.7. The molecule has 5 aliphatic rings. The lowest BCUT2D eigenvalue weighted by Gasteiger charge is -2.47. The number of halogens is 2. The lowest BCUT2D eigenvalue weighted by molar-refractivity contribution is -0.138. The summed E-state index contributed by atoms with van der Waals surface area (Å²) in [6.45, 7) is 9.74. The van der Waals surface area contributed by atoms with Gasteiger partial charge in [-0.25, -0.2) is 13.6 Å². The third kappa shape index (κ3) is 6.43. The number of alkyl halides is 2. The molecule has 2 unspecified atom stereocenters. The van der Waals surface area contributed by atoms with Crippen molar-refractivity contribution in [2.24, 2.45) is 11.8 Å². The van der Waals surface area contributed by atoms with Gasteiger partial charge in [-0.15, -0.1) is 0 Å². The van der Waals surface area contributed by atoms with Crippen molar-refractivity contribution in [3.63, 3.8) is 0 Å². The second-order valence-electron chi connectivity index (χ2n) is 14.4. The van der Waals surface area contributed by atoms with Crippen molar-refractivity contribution >= 4 is 6.03 Å². The lowest BCUT2D eigenvalue weighted by Crippen LogP contribution is -2.63. The number of nitrogens with one attached hydrogen (secondary N) is 1. The molecule has 0 spiro atoms. The fourth-order valence-electron chi connectivity index (χ4n) is 7.93. The van der Waals surface area contributed by atoms with Gasteiger partial charge in [0.1, 0.15) is 6.04 Å². The van der Waals surface area contributed by atoms with Gasteiger partial charge in [0.2, 0.25) is 5.89 Å². The molecule has 2 aliphatic heterocycles. The number of nitrogens with zero attached hydrogens (tertiary/aromatic N) is 4. The maximum Gasteiger partial charge on any atom is 0.318 e. The highest BCUT2D eigenvalue weighted by Crippen LogP contribution is 2.45. The van der Waals surface area contributed by atoms with E-state index >= 15 is 8.78 Å². The number of hydrogen-bond acceptors (Lipinski definition) is 6. The van der Waals surface area contributed by atoms with E-state index in [2.05, 4.69) is 36.1 Å². The number of piperidine rings is 1. The van der Waals surface area contributed by atoms with Crippen LogP contribution in [0.2, 0.25) is 0 Å². The molecule has 1 aromatic heterocycles. The molecule has 0 radical (unpaired) electrons. The highest BCUT2D eigenvalue weighted by Gasteiger charge is 2.52. The molecular weight excluding hydrogens is 528 g/mol. The normalized spacial score (nSPS) is 34.9. The van der Waals surface area contributed by atoms with E-state index in [9.17, 15) is 4.79 Å². The highest BCUT2D eigenvalue weighted by atomic mass is 19.3. The van der Waals surface area contributed by atoms with Crippen LogP contribution in [0.5, 0.6) is 0 Å². The number of aromatic nitrogens is 2. The summed E-state index contributed by atoms with van der Waals surface area (Å²) in [7, 11) is 0. The van der Waals surface area contributed by atoms with Gasteiger partial charge in [-0.2, -0.15) is 4.98 Å². The third-order valence-electron chi connectivity index (χ3n) is 10.4. The van der Waals surface area contributed by atoms with Gasteiger partial charge in [0.15, 0.2) is 5.82 Å². The first-order valence-corrected chi connectivity index (χ1v) is 16.3. The molecule has 5 fully saturated rings. The quantitative estimate of drug-likeness (QED) is 0.416. The highest BCUT2D eigenvalue weighted by molar-refractivity contribution is 5.75. The number of carbonyl (C=O) groups excluding carboxylic acids is 1. The summed E-state index contributed by atoms with van der Waals surface area (Å²) >= 11 is 0. The molecule has 1 N–H and O–H groups in total. The minimum Gasteiger partial charge on any atom is -0.371 e. The van der Waals surface area contributed by atoms with E-state index in [0.29, 0.717) is 43.6 Å². The Hall–Kier alpha value is -1.81. The van der Waals surface area contributed by atoms with Crippen LogP contribution in [-0.2, 0) is 10.2 Å². The second-order valence-corrected chi connectivity index (χ2v) is 14.4. The first-order valence-electron chi connectivity index (χ1n) is 16.3. The number of hydrogen-bond donors (Lipinski definition) is 1. The molecule has 6 rings (SSSR count). The Morgan fingerprint density at radius 1 is 1.10 bits per heavy atom. The fourth-order valence-corrected chi connectivity index (χ4v) is 7.93. The summed E-state index contributed by atoms with van der Waals surface area (Å²) in [6, 6.07) is -1.71. The first kappa shape index (κ1) is 29.3. The zero-order valence-corrected chi connectivity index (χ0v) is 25.1. The van der Waals surface area contributed by atoms with Crippen LogP contribution in [0.4, 0.5) is 13.6 Å². The van der Waals surface area contributed by atoms with Crippen molar-refractivity contribution in [2.45, 2.75) is 139 Å². The predicted octanol–water partition coefficient (Wildman–Crippen LogP) is 5.87. The van der Waals surface area contributed by atoms with E-state index < -0.39 is 18.1 Å². The van der Waals surface area contributed by atoms with Gasteiger partial charge in [-0.3, -0.25) is 0 Å². The van der Waals surface area contributed by atoms with E-state index in [-0.39, 0.29) is 30.0 Å². The Morgan fingerprint density at radius 2 is 1.88 bits per heavy atom. The summed E-state index contributed by atoms with van der Waals surface area (Å²) < 4.78 is 42.8. The van der Waals surface area contributed by atoms with Crippen LogP contribution in [0.3, 0.4) is 0 Å². The van der Waals surface area contributed by atoms with E-state index in [4.69, 9.17) is 14.2 Å². The summed E-state index contributed by atoms with van der Waals surface area (Å²) in [4.78, 5) is 22.9. The summed E-state index contributed by atoms with van der Waals surface area (Å²) in [5.41, 5.74) is -0.300. The van der Waals surface area contributed by atoms with Crippen molar-refractivity contribution in [2.75, 3.05) is 26.2 Å². The summed E-state index contributed by atoms with van der Waals surface area (Å²) in [5.74, 6) is -0.215. The van der Waals surface area contributed by atoms with Gasteiger partial charge in [0, 0.05) is 50.0 Å². The van der Waals surface area contributed by atoms with Crippen molar-refractivity contribution in [3.05, 3.63) is 11.7 Å². The Morgan fingerprint density at radius 3 is 2.61 bits per heavy atom. The van der Waals surface area contributed by atoms with E-state index in [1.165, 1.54) is 0 Å². The molecule has 5 atom stereocenters. The number of carbonyl (C=O) groups is 1. The number of likely N-dealkylation sites (tertiary alicyclic amines) is 2. The average Bonchev–Trinajstić information content (AvgIpc) is 3.30. The molecule has 41 heavy (non-hydrogen) atoms. The number of urea groups is 1. The maximum absolute atomic E-state index is 15.4. The van der Waals surface area contributed by atoms with Crippen LogP contribution in [0.1, 0.15) is 115 Å². The molecule has 0 aromatic carbocycles. The monoisotopic (exact) mass is 577 g/mol.